The monoisotopic (exact) mass is 456 g/mol. The van der Waals surface area contributed by atoms with Crippen molar-refractivity contribution in [3.05, 3.63) is 64.4 Å². The molecule has 0 saturated heterocycles. The first-order chi connectivity index (χ1) is 15.3. The molecular formula is C24H28N2O5S. The number of rotatable bonds is 7. The first kappa shape index (κ1) is 23.6. The van der Waals surface area contributed by atoms with Crippen LogP contribution in [-0.2, 0) is 14.3 Å². The van der Waals surface area contributed by atoms with Crippen LogP contribution in [-0.4, -0.2) is 43.6 Å². The van der Waals surface area contributed by atoms with Crippen molar-refractivity contribution >= 4 is 29.0 Å². The third-order valence-electron chi connectivity index (χ3n) is 5.23. The van der Waals surface area contributed by atoms with Gasteiger partial charge in [-0.2, -0.15) is 0 Å². The highest BCUT2D eigenvalue weighted by atomic mass is 32.1. The second kappa shape index (κ2) is 10.0. The largest absolute Gasteiger partial charge is 0.504 e. The SMILES string of the molecule is COCCOC(=O)C1=C(C)N(c2cc(C)cc(C)c2)C(=S)N[C@@H]1c1ccc(OC)c(O)c1. The molecule has 170 valence electrons. The molecule has 7 nitrogen and oxygen atoms in total. The van der Waals surface area contributed by atoms with Crippen molar-refractivity contribution in [3.63, 3.8) is 0 Å². The Morgan fingerprint density at radius 3 is 2.38 bits per heavy atom. The lowest BCUT2D eigenvalue weighted by Crippen LogP contribution is -2.48. The van der Waals surface area contributed by atoms with E-state index in [9.17, 15) is 9.90 Å². The molecule has 0 saturated carbocycles. The Hall–Kier alpha value is -3.10. The Labute approximate surface area is 193 Å². The summed E-state index contributed by atoms with van der Waals surface area (Å²) in [5, 5.41) is 14.0. The molecule has 0 aliphatic carbocycles. The summed E-state index contributed by atoms with van der Waals surface area (Å²) in [5.41, 5.74) is 4.74. The first-order valence-corrected chi connectivity index (χ1v) is 10.6. The predicted octanol–water partition coefficient (Wildman–Crippen LogP) is 3.92. The van der Waals surface area contributed by atoms with Gasteiger partial charge in [0.25, 0.3) is 0 Å². The molecule has 2 aromatic carbocycles. The van der Waals surface area contributed by atoms with E-state index < -0.39 is 12.0 Å². The van der Waals surface area contributed by atoms with Crippen LogP contribution in [0.15, 0.2) is 47.7 Å². The normalized spacial score (nSPS) is 16.1. The fourth-order valence-corrected chi connectivity index (χ4v) is 4.19. The molecule has 8 heteroatoms. The quantitative estimate of drug-likeness (QED) is 0.369. The van der Waals surface area contributed by atoms with Crippen LogP contribution in [0, 0.1) is 13.8 Å². The summed E-state index contributed by atoms with van der Waals surface area (Å²) < 4.78 is 15.6. The molecule has 1 aliphatic heterocycles. The molecule has 32 heavy (non-hydrogen) atoms. The summed E-state index contributed by atoms with van der Waals surface area (Å²) in [6, 6.07) is 10.5. The van der Waals surface area contributed by atoms with Crippen LogP contribution in [0.5, 0.6) is 11.5 Å². The Morgan fingerprint density at radius 1 is 1.09 bits per heavy atom. The number of aryl methyl sites for hydroxylation is 2. The minimum atomic E-state index is -0.600. The Balaban J connectivity index is 2.11. The number of thiocarbonyl (C=S) groups is 1. The summed E-state index contributed by atoms with van der Waals surface area (Å²) in [5.74, 6) is -0.169. The molecule has 0 bridgehead atoms. The Morgan fingerprint density at radius 2 is 1.78 bits per heavy atom. The van der Waals surface area contributed by atoms with Crippen molar-refractivity contribution in [3.8, 4) is 11.5 Å². The minimum absolute atomic E-state index is 0.0285. The number of esters is 1. The maximum Gasteiger partial charge on any atom is 0.338 e. The molecule has 0 radical (unpaired) electrons. The zero-order chi connectivity index (χ0) is 23.4. The number of phenols is 1. The fraction of sp³-hybridized carbons (Fsp3) is 0.333. The van der Waals surface area contributed by atoms with E-state index in [0.717, 1.165) is 16.8 Å². The second-order valence-electron chi connectivity index (χ2n) is 7.62. The fourth-order valence-electron chi connectivity index (χ4n) is 3.83. The van der Waals surface area contributed by atoms with Crippen molar-refractivity contribution in [1.82, 2.24) is 5.32 Å². The molecule has 0 fully saturated rings. The minimum Gasteiger partial charge on any atom is -0.504 e. The van der Waals surface area contributed by atoms with Crippen molar-refractivity contribution in [2.45, 2.75) is 26.8 Å². The number of carbonyl (C=O) groups excluding carboxylic acids is 1. The number of hydrogen-bond acceptors (Lipinski definition) is 6. The van der Waals surface area contributed by atoms with Crippen LogP contribution in [0.2, 0.25) is 0 Å². The van der Waals surface area contributed by atoms with Gasteiger partial charge in [-0.15, -0.1) is 0 Å². The van der Waals surface area contributed by atoms with Crippen molar-refractivity contribution in [2.75, 3.05) is 32.3 Å². The van der Waals surface area contributed by atoms with E-state index in [1.807, 2.05) is 37.8 Å². The molecular weight excluding hydrogens is 428 g/mol. The summed E-state index contributed by atoms with van der Waals surface area (Å²) in [6.07, 6.45) is 0. The van der Waals surface area contributed by atoms with E-state index in [-0.39, 0.29) is 12.4 Å². The molecule has 2 N–H and O–H groups in total. The average molecular weight is 457 g/mol. The number of hydrogen-bond donors (Lipinski definition) is 2. The molecule has 1 heterocycles. The number of allylic oxidation sites excluding steroid dienone is 1. The van der Waals surface area contributed by atoms with Crippen LogP contribution in [0.1, 0.15) is 29.7 Å². The molecule has 0 spiro atoms. The van der Waals surface area contributed by atoms with E-state index in [2.05, 4.69) is 11.4 Å². The van der Waals surface area contributed by atoms with Crippen LogP contribution < -0.4 is 15.0 Å². The summed E-state index contributed by atoms with van der Waals surface area (Å²) in [4.78, 5) is 15.0. The topological polar surface area (TPSA) is 80.3 Å². The molecule has 1 atom stereocenters. The standard InChI is InChI=1S/C24H28N2O5S/c1-14-10-15(2)12-18(11-14)26-16(3)21(23(28)31-9-8-29-4)22(25-24(26)32)17-6-7-20(30-5)19(27)13-17/h6-7,10-13,22,27H,8-9H2,1-5H3,(H,25,32)/t22-/m1/s1. The number of carbonyl (C=O) groups is 1. The zero-order valence-corrected chi connectivity index (χ0v) is 19.7. The van der Waals surface area contributed by atoms with Gasteiger partial charge in [-0.05, 0) is 73.9 Å². The number of aromatic hydroxyl groups is 1. The number of nitrogens with one attached hydrogen (secondary N) is 1. The Kier molecular flexibility index (Phi) is 7.37. The highest BCUT2D eigenvalue weighted by Crippen LogP contribution is 2.37. The van der Waals surface area contributed by atoms with Gasteiger partial charge < -0.3 is 24.6 Å². The lowest BCUT2D eigenvalue weighted by atomic mass is 9.94. The number of methoxy groups -OCH3 is 2. The van der Waals surface area contributed by atoms with Crippen molar-refractivity contribution in [2.24, 2.45) is 0 Å². The van der Waals surface area contributed by atoms with Gasteiger partial charge in [-0.1, -0.05) is 12.1 Å². The summed E-state index contributed by atoms with van der Waals surface area (Å²) in [7, 11) is 3.02. The van der Waals surface area contributed by atoms with E-state index in [0.29, 0.717) is 34.3 Å². The smallest absolute Gasteiger partial charge is 0.338 e. The first-order valence-electron chi connectivity index (χ1n) is 10.2. The molecule has 2 aromatic rings. The number of anilines is 1. The lowest BCUT2D eigenvalue weighted by Gasteiger charge is -2.37. The molecule has 0 aromatic heterocycles. The number of ether oxygens (including phenoxy) is 3. The van der Waals surface area contributed by atoms with E-state index in [4.69, 9.17) is 26.4 Å². The van der Waals surface area contributed by atoms with Gasteiger partial charge in [0, 0.05) is 18.5 Å². The van der Waals surface area contributed by atoms with Gasteiger partial charge in [-0.3, -0.25) is 4.90 Å². The second-order valence-corrected chi connectivity index (χ2v) is 8.01. The molecule has 1 aliphatic rings. The van der Waals surface area contributed by atoms with Gasteiger partial charge in [-0.25, -0.2) is 4.79 Å². The van der Waals surface area contributed by atoms with Crippen LogP contribution in [0.3, 0.4) is 0 Å². The summed E-state index contributed by atoms with van der Waals surface area (Å²) >= 11 is 5.70. The number of benzene rings is 2. The van der Waals surface area contributed by atoms with Crippen LogP contribution >= 0.6 is 12.2 Å². The Bertz CT molecular complexity index is 1050. The molecule has 0 unspecified atom stereocenters. The average Bonchev–Trinajstić information content (AvgIpc) is 2.72. The van der Waals surface area contributed by atoms with E-state index >= 15 is 0 Å². The van der Waals surface area contributed by atoms with E-state index in [1.165, 1.54) is 7.11 Å². The van der Waals surface area contributed by atoms with Gasteiger partial charge in [0.15, 0.2) is 16.6 Å². The molecule has 0 amide bonds. The predicted molar refractivity (Wildman–Crippen MR) is 127 cm³/mol. The molecule has 3 rings (SSSR count). The number of nitrogens with zero attached hydrogens (tertiary/aromatic N) is 1. The highest BCUT2D eigenvalue weighted by Gasteiger charge is 2.36. The third kappa shape index (κ3) is 4.87. The van der Waals surface area contributed by atoms with Crippen LogP contribution in [0.25, 0.3) is 0 Å². The zero-order valence-electron chi connectivity index (χ0n) is 18.9. The van der Waals surface area contributed by atoms with Gasteiger partial charge in [0.2, 0.25) is 0 Å². The van der Waals surface area contributed by atoms with Crippen molar-refractivity contribution < 1.29 is 24.1 Å². The number of phenolic OH excluding ortho intramolecular Hbond substituents is 1. The van der Waals surface area contributed by atoms with Gasteiger partial charge >= 0.3 is 5.97 Å². The highest BCUT2D eigenvalue weighted by molar-refractivity contribution is 7.80. The maximum atomic E-state index is 13.2. The van der Waals surface area contributed by atoms with Crippen LogP contribution in [0.4, 0.5) is 5.69 Å². The van der Waals surface area contributed by atoms with Gasteiger partial charge in [0.1, 0.15) is 6.61 Å². The van der Waals surface area contributed by atoms with Gasteiger partial charge in [0.05, 0.1) is 25.3 Å². The van der Waals surface area contributed by atoms with E-state index in [1.54, 1.807) is 25.3 Å². The van der Waals surface area contributed by atoms with Crippen molar-refractivity contribution in [1.29, 1.82) is 0 Å². The summed E-state index contributed by atoms with van der Waals surface area (Å²) in [6.45, 7) is 6.28. The lowest BCUT2D eigenvalue weighted by molar-refractivity contribution is -0.140. The third-order valence-corrected chi connectivity index (χ3v) is 5.53. The maximum absolute atomic E-state index is 13.2.